The van der Waals surface area contributed by atoms with Gasteiger partial charge in [0.2, 0.25) is 0 Å². The molecule has 3 aromatic heterocycles. The van der Waals surface area contributed by atoms with E-state index in [9.17, 15) is 9.59 Å². The molecule has 1 aromatic carbocycles. The summed E-state index contributed by atoms with van der Waals surface area (Å²) in [5.74, 6) is -0.661. The van der Waals surface area contributed by atoms with E-state index < -0.39 is 11.8 Å². The molecule has 0 bridgehead atoms. The molecule has 4 aromatic rings. The molecule has 10 nitrogen and oxygen atoms in total. The Bertz CT molecular complexity index is 1500. The third kappa shape index (κ3) is 6.37. The lowest BCUT2D eigenvalue weighted by molar-refractivity contribution is 0.102. The summed E-state index contributed by atoms with van der Waals surface area (Å²) >= 11 is 19.7. The van der Waals surface area contributed by atoms with Crippen molar-refractivity contribution in [3.63, 3.8) is 0 Å². The Hall–Kier alpha value is -3.77. The predicted octanol–water partition coefficient (Wildman–Crippen LogP) is 5.52. The number of thiophene rings is 1. The van der Waals surface area contributed by atoms with Gasteiger partial charge in [-0.1, -0.05) is 34.8 Å². The van der Waals surface area contributed by atoms with Crippen molar-refractivity contribution in [1.29, 1.82) is 5.41 Å². The number of rotatable bonds is 8. The average molecular weight is 591 g/mol. The highest BCUT2D eigenvalue weighted by Gasteiger charge is 2.23. The van der Waals surface area contributed by atoms with Gasteiger partial charge in [0.25, 0.3) is 11.8 Å². The Morgan fingerprint density at radius 1 is 1.03 bits per heavy atom. The standard InChI is InChI=1S/C24H18Cl3N7O3S/c1-37-17-7-14(26)6-15(23(35)33-18-3-2-13(25)9-31-18)20(17)34-24(36)21-19(27)12(11-38-21)8-32-22(28)16-10-29-4-5-30-16/h2-7,9-11H,8H2,1H3,(H2,28,32)(H,34,36)(H,31,33,35). The predicted molar refractivity (Wildman–Crippen MR) is 148 cm³/mol. The number of nitrogens with zero attached hydrogens (tertiary/aromatic N) is 3. The molecule has 38 heavy (non-hydrogen) atoms. The van der Waals surface area contributed by atoms with Crippen molar-refractivity contribution in [2.45, 2.75) is 6.54 Å². The van der Waals surface area contributed by atoms with Crippen LogP contribution < -0.4 is 20.7 Å². The number of methoxy groups -OCH3 is 1. The zero-order valence-corrected chi connectivity index (χ0v) is 22.6. The Kier molecular flexibility index (Phi) is 8.74. The first-order chi connectivity index (χ1) is 18.3. The minimum Gasteiger partial charge on any atom is -0.494 e. The Morgan fingerprint density at radius 2 is 1.84 bits per heavy atom. The molecule has 0 unspecified atom stereocenters. The molecular formula is C24H18Cl3N7O3S. The zero-order chi connectivity index (χ0) is 27.2. The molecular weight excluding hydrogens is 573 g/mol. The fraction of sp³-hybridized carbons (Fsp3) is 0.0833. The maximum atomic E-state index is 13.2. The number of hydrogen-bond acceptors (Lipinski definition) is 8. The van der Waals surface area contributed by atoms with E-state index in [4.69, 9.17) is 44.9 Å². The van der Waals surface area contributed by atoms with E-state index >= 15 is 0 Å². The van der Waals surface area contributed by atoms with Gasteiger partial charge in [0.05, 0.1) is 34.6 Å². The molecule has 0 aliphatic heterocycles. The Balaban J connectivity index is 1.54. The van der Waals surface area contributed by atoms with Crippen LogP contribution >= 0.6 is 46.1 Å². The lowest BCUT2D eigenvalue weighted by Crippen LogP contribution is -2.24. The van der Waals surface area contributed by atoms with E-state index in [1.165, 1.54) is 50.1 Å². The monoisotopic (exact) mass is 589 g/mol. The van der Waals surface area contributed by atoms with Crippen LogP contribution in [0.15, 0.2) is 54.4 Å². The van der Waals surface area contributed by atoms with Gasteiger partial charge in [0, 0.05) is 41.8 Å². The van der Waals surface area contributed by atoms with Crippen LogP contribution in [-0.2, 0) is 6.54 Å². The second kappa shape index (κ2) is 12.2. The summed E-state index contributed by atoms with van der Waals surface area (Å²) in [6.07, 6.45) is 5.84. The Morgan fingerprint density at radius 3 is 2.53 bits per heavy atom. The summed E-state index contributed by atoms with van der Waals surface area (Å²) < 4.78 is 5.38. The van der Waals surface area contributed by atoms with Gasteiger partial charge in [-0.15, -0.1) is 11.3 Å². The van der Waals surface area contributed by atoms with Gasteiger partial charge in [-0.05, 0) is 23.6 Å². The average Bonchev–Trinajstić information content (AvgIpc) is 3.29. The van der Waals surface area contributed by atoms with E-state index in [0.29, 0.717) is 16.3 Å². The highest BCUT2D eigenvalue weighted by Crippen LogP contribution is 2.35. The minimum absolute atomic E-state index is 0.0476. The van der Waals surface area contributed by atoms with Crippen LogP contribution in [0.25, 0.3) is 0 Å². The van der Waals surface area contributed by atoms with Gasteiger partial charge in [-0.25, -0.2) is 9.97 Å². The number of nitrogens with one attached hydrogen (secondary N) is 4. The van der Waals surface area contributed by atoms with E-state index in [1.807, 2.05) is 0 Å². The molecule has 3 heterocycles. The quantitative estimate of drug-likeness (QED) is 0.156. The van der Waals surface area contributed by atoms with E-state index in [-0.39, 0.29) is 50.1 Å². The van der Waals surface area contributed by atoms with Gasteiger partial charge >= 0.3 is 0 Å². The van der Waals surface area contributed by atoms with Crippen molar-refractivity contribution in [1.82, 2.24) is 20.3 Å². The van der Waals surface area contributed by atoms with Crippen LogP contribution in [0.1, 0.15) is 31.3 Å². The summed E-state index contributed by atoms with van der Waals surface area (Å²) in [5, 5.41) is 18.9. The lowest BCUT2D eigenvalue weighted by atomic mass is 10.1. The number of hydrogen-bond donors (Lipinski definition) is 4. The maximum Gasteiger partial charge on any atom is 0.267 e. The molecule has 14 heteroatoms. The largest absolute Gasteiger partial charge is 0.494 e. The number of anilines is 2. The van der Waals surface area contributed by atoms with Crippen LogP contribution in [-0.4, -0.2) is 39.7 Å². The number of carbonyl (C=O) groups excluding carboxylic acids is 2. The van der Waals surface area contributed by atoms with Crippen molar-refractivity contribution in [2.24, 2.45) is 0 Å². The molecule has 0 fully saturated rings. The van der Waals surface area contributed by atoms with Gasteiger partial charge in [-0.2, -0.15) is 0 Å². The van der Waals surface area contributed by atoms with Crippen molar-refractivity contribution in [2.75, 3.05) is 17.7 Å². The van der Waals surface area contributed by atoms with Gasteiger partial charge in [0.15, 0.2) is 0 Å². The number of amidine groups is 1. The van der Waals surface area contributed by atoms with E-state index in [1.54, 1.807) is 11.4 Å². The number of amides is 2. The molecule has 0 aliphatic rings. The molecule has 194 valence electrons. The fourth-order valence-corrected chi connectivity index (χ4v) is 4.79. The van der Waals surface area contributed by atoms with Crippen LogP contribution in [0.4, 0.5) is 11.5 Å². The van der Waals surface area contributed by atoms with Gasteiger partial charge in [0.1, 0.15) is 28.0 Å². The van der Waals surface area contributed by atoms with Crippen LogP contribution in [0.5, 0.6) is 5.75 Å². The minimum atomic E-state index is -0.583. The molecule has 0 radical (unpaired) electrons. The number of ether oxygens (including phenoxy) is 1. The highest BCUT2D eigenvalue weighted by molar-refractivity contribution is 7.13. The van der Waals surface area contributed by atoms with Gasteiger partial charge < -0.3 is 20.7 Å². The maximum absolute atomic E-state index is 13.2. The van der Waals surface area contributed by atoms with Crippen LogP contribution in [0.3, 0.4) is 0 Å². The van der Waals surface area contributed by atoms with Crippen molar-refractivity contribution in [3.05, 3.63) is 91.2 Å². The second-order valence-corrected chi connectivity index (χ2v) is 9.65. The van der Waals surface area contributed by atoms with Crippen molar-refractivity contribution >= 4 is 75.3 Å². The normalized spacial score (nSPS) is 10.5. The summed E-state index contributed by atoms with van der Waals surface area (Å²) in [7, 11) is 1.39. The number of pyridine rings is 1. The first-order valence-corrected chi connectivity index (χ1v) is 12.7. The number of carbonyl (C=O) groups is 2. The first kappa shape index (κ1) is 27.3. The molecule has 2 amide bonds. The van der Waals surface area contributed by atoms with Crippen molar-refractivity contribution < 1.29 is 14.3 Å². The fourth-order valence-electron chi connectivity index (χ4n) is 3.21. The molecule has 0 aliphatic carbocycles. The van der Waals surface area contributed by atoms with Gasteiger partial charge in [-0.3, -0.25) is 20.0 Å². The zero-order valence-electron chi connectivity index (χ0n) is 19.5. The second-order valence-electron chi connectivity index (χ2n) is 7.52. The van der Waals surface area contributed by atoms with Crippen molar-refractivity contribution in [3.8, 4) is 5.75 Å². The molecule has 0 atom stereocenters. The number of halogens is 3. The van der Waals surface area contributed by atoms with Crippen LogP contribution in [0, 0.1) is 5.41 Å². The smallest absolute Gasteiger partial charge is 0.267 e. The summed E-state index contributed by atoms with van der Waals surface area (Å²) in [5.41, 5.74) is 1.12. The summed E-state index contributed by atoms with van der Waals surface area (Å²) in [6, 6.07) is 5.98. The Labute approximate surface area is 235 Å². The highest BCUT2D eigenvalue weighted by atomic mass is 35.5. The van der Waals surface area contributed by atoms with E-state index in [2.05, 4.69) is 30.9 Å². The number of benzene rings is 1. The first-order valence-electron chi connectivity index (χ1n) is 10.7. The SMILES string of the molecule is COc1cc(Cl)cc(C(=O)Nc2ccc(Cl)cn2)c1NC(=O)c1scc(CNC(=N)c2cnccn2)c1Cl. The topological polar surface area (TPSA) is 142 Å². The third-order valence-corrected chi connectivity index (χ3v) is 7.03. The molecule has 0 saturated heterocycles. The summed E-state index contributed by atoms with van der Waals surface area (Å²) in [6.45, 7) is 0.185. The third-order valence-electron chi connectivity index (χ3n) is 5.02. The molecule has 0 spiro atoms. The lowest BCUT2D eigenvalue weighted by Gasteiger charge is -2.15. The summed E-state index contributed by atoms with van der Waals surface area (Å²) in [4.78, 5) is 38.6. The molecule has 4 rings (SSSR count). The molecule has 4 N–H and O–H groups in total. The van der Waals surface area contributed by atoms with Crippen LogP contribution in [0.2, 0.25) is 15.1 Å². The molecule has 0 saturated carbocycles. The number of aromatic nitrogens is 3. The van der Waals surface area contributed by atoms with E-state index in [0.717, 1.165) is 11.3 Å².